The van der Waals surface area contributed by atoms with Gasteiger partial charge in [0.1, 0.15) is 5.82 Å². The standard InChI is InChI=1S/C10H17N3S/c11-10-9(14-8-12-10)7-13-5-3-1-2-4-6-13/h8H,1-7,11H2. The molecule has 1 aliphatic heterocycles. The molecule has 0 amide bonds. The van der Waals surface area contributed by atoms with Crippen LogP contribution in [-0.2, 0) is 6.54 Å². The maximum atomic E-state index is 5.77. The van der Waals surface area contributed by atoms with Gasteiger partial charge < -0.3 is 5.73 Å². The van der Waals surface area contributed by atoms with Crippen molar-refractivity contribution in [3.05, 3.63) is 10.4 Å². The van der Waals surface area contributed by atoms with Crippen molar-refractivity contribution < 1.29 is 0 Å². The van der Waals surface area contributed by atoms with Crippen molar-refractivity contribution >= 4 is 17.2 Å². The van der Waals surface area contributed by atoms with Gasteiger partial charge in [-0.2, -0.15) is 0 Å². The average Bonchev–Trinajstić information content (AvgIpc) is 2.44. The van der Waals surface area contributed by atoms with E-state index in [0.29, 0.717) is 0 Å². The summed E-state index contributed by atoms with van der Waals surface area (Å²) >= 11 is 1.67. The molecule has 14 heavy (non-hydrogen) atoms. The smallest absolute Gasteiger partial charge is 0.138 e. The van der Waals surface area contributed by atoms with Crippen LogP contribution in [0.2, 0.25) is 0 Å². The molecule has 2 N–H and O–H groups in total. The molecule has 2 rings (SSSR count). The van der Waals surface area contributed by atoms with E-state index in [1.54, 1.807) is 11.3 Å². The van der Waals surface area contributed by atoms with E-state index in [1.807, 2.05) is 5.51 Å². The maximum Gasteiger partial charge on any atom is 0.138 e. The predicted molar refractivity (Wildman–Crippen MR) is 60.3 cm³/mol. The fraction of sp³-hybridized carbons (Fsp3) is 0.700. The zero-order valence-corrected chi connectivity index (χ0v) is 9.22. The van der Waals surface area contributed by atoms with Gasteiger partial charge in [-0.1, -0.05) is 12.8 Å². The third kappa shape index (κ3) is 2.45. The molecular weight excluding hydrogens is 194 g/mol. The summed E-state index contributed by atoms with van der Waals surface area (Å²) in [6, 6.07) is 0. The average molecular weight is 211 g/mol. The van der Waals surface area contributed by atoms with Crippen LogP contribution in [0.3, 0.4) is 0 Å². The van der Waals surface area contributed by atoms with Crippen LogP contribution in [0.25, 0.3) is 0 Å². The Hall–Kier alpha value is -0.610. The number of nitrogen functional groups attached to an aromatic ring is 1. The maximum absolute atomic E-state index is 5.77. The van der Waals surface area contributed by atoms with Crippen LogP contribution >= 0.6 is 11.3 Å². The zero-order valence-electron chi connectivity index (χ0n) is 8.41. The molecule has 78 valence electrons. The van der Waals surface area contributed by atoms with E-state index < -0.39 is 0 Å². The summed E-state index contributed by atoms with van der Waals surface area (Å²) in [6.07, 6.45) is 5.43. The van der Waals surface area contributed by atoms with Gasteiger partial charge in [0.2, 0.25) is 0 Å². The highest BCUT2D eigenvalue weighted by Crippen LogP contribution is 2.19. The van der Waals surface area contributed by atoms with Gasteiger partial charge in [0.05, 0.1) is 10.4 Å². The lowest BCUT2D eigenvalue weighted by Gasteiger charge is -2.18. The first kappa shape index (κ1) is 9.93. The Labute approximate surface area is 88.9 Å². The van der Waals surface area contributed by atoms with E-state index in [9.17, 15) is 0 Å². The second-order valence-electron chi connectivity index (χ2n) is 3.85. The first-order chi connectivity index (χ1) is 6.86. The number of likely N-dealkylation sites (tertiary alicyclic amines) is 1. The van der Waals surface area contributed by atoms with Crippen molar-refractivity contribution in [2.24, 2.45) is 0 Å². The predicted octanol–water partition coefficient (Wildman–Crippen LogP) is 2.10. The number of aromatic nitrogens is 1. The number of hydrogen-bond donors (Lipinski definition) is 1. The molecule has 4 heteroatoms. The highest BCUT2D eigenvalue weighted by atomic mass is 32.1. The quantitative estimate of drug-likeness (QED) is 0.814. The van der Waals surface area contributed by atoms with Crippen LogP contribution in [0.5, 0.6) is 0 Å². The molecular formula is C10H17N3S. The Morgan fingerprint density at radius 2 is 2.00 bits per heavy atom. The van der Waals surface area contributed by atoms with Crippen molar-refractivity contribution in [1.82, 2.24) is 9.88 Å². The number of nitrogens with zero attached hydrogens (tertiary/aromatic N) is 2. The molecule has 0 bridgehead atoms. The molecule has 1 saturated heterocycles. The van der Waals surface area contributed by atoms with Gasteiger partial charge in [0, 0.05) is 6.54 Å². The number of nitrogens with two attached hydrogens (primary N) is 1. The number of anilines is 1. The summed E-state index contributed by atoms with van der Waals surface area (Å²) in [5, 5.41) is 0. The van der Waals surface area contributed by atoms with Crippen molar-refractivity contribution in [2.45, 2.75) is 32.2 Å². The largest absolute Gasteiger partial charge is 0.383 e. The minimum atomic E-state index is 0.722. The minimum absolute atomic E-state index is 0.722. The molecule has 0 atom stereocenters. The van der Waals surface area contributed by atoms with Crippen LogP contribution in [0.1, 0.15) is 30.6 Å². The van der Waals surface area contributed by atoms with Crippen LogP contribution in [0, 0.1) is 0 Å². The first-order valence-electron chi connectivity index (χ1n) is 5.26. The molecule has 1 fully saturated rings. The third-order valence-corrected chi connectivity index (χ3v) is 3.57. The van der Waals surface area contributed by atoms with Gasteiger partial charge in [-0.05, 0) is 25.9 Å². The molecule has 3 nitrogen and oxygen atoms in total. The van der Waals surface area contributed by atoms with Crippen molar-refractivity contribution in [1.29, 1.82) is 0 Å². The molecule has 2 heterocycles. The van der Waals surface area contributed by atoms with Crippen molar-refractivity contribution in [3.63, 3.8) is 0 Å². The van der Waals surface area contributed by atoms with Crippen molar-refractivity contribution in [3.8, 4) is 0 Å². The molecule has 0 aromatic carbocycles. The molecule has 0 spiro atoms. The molecule has 0 saturated carbocycles. The summed E-state index contributed by atoms with van der Waals surface area (Å²) < 4.78 is 0. The zero-order chi connectivity index (χ0) is 9.80. The summed E-state index contributed by atoms with van der Waals surface area (Å²) in [6.45, 7) is 3.44. The van der Waals surface area contributed by atoms with E-state index in [0.717, 1.165) is 12.4 Å². The van der Waals surface area contributed by atoms with Gasteiger partial charge >= 0.3 is 0 Å². The van der Waals surface area contributed by atoms with E-state index in [-0.39, 0.29) is 0 Å². The number of thiazole rings is 1. The second kappa shape index (κ2) is 4.75. The molecule has 0 radical (unpaired) electrons. The van der Waals surface area contributed by atoms with E-state index in [2.05, 4.69) is 9.88 Å². The molecule has 1 aromatic rings. The minimum Gasteiger partial charge on any atom is -0.383 e. The van der Waals surface area contributed by atoms with Crippen LogP contribution in [0.15, 0.2) is 5.51 Å². The van der Waals surface area contributed by atoms with Crippen LogP contribution in [-0.4, -0.2) is 23.0 Å². The van der Waals surface area contributed by atoms with Gasteiger partial charge in [-0.3, -0.25) is 4.90 Å². The highest BCUT2D eigenvalue weighted by Gasteiger charge is 2.11. The van der Waals surface area contributed by atoms with E-state index in [1.165, 1.54) is 43.6 Å². The normalized spacial score (nSPS) is 19.4. The van der Waals surface area contributed by atoms with Crippen LogP contribution < -0.4 is 5.73 Å². The van der Waals surface area contributed by atoms with Crippen LogP contribution in [0.4, 0.5) is 5.82 Å². The molecule has 0 aliphatic carbocycles. The fourth-order valence-corrected chi connectivity index (χ4v) is 2.62. The summed E-state index contributed by atoms with van der Waals surface area (Å²) in [5.74, 6) is 0.722. The lowest BCUT2D eigenvalue weighted by Crippen LogP contribution is -2.23. The summed E-state index contributed by atoms with van der Waals surface area (Å²) in [4.78, 5) is 7.80. The Kier molecular flexibility index (Phi) is 3.37. The first-order valence-corrected chi connectivity index (χ1v) is 6.14. The lowest BCUT2D eigenvalue weighted by molar-refractivity contribution is 0.279. The van der Waals surface area contributed by atoms with Gasteiger partial charge in [-0.15, -0.1) is 11.3 Å². The summed E-state index contributed by atoms with van der Waals surface area (Å²) in [7, 11) is 0. The lowest BCUT2D eigenvalue weighted by atomic mass is 10.2. The van der Waals surface area contributed by atoms with Gasteiger partial charge in [-0.25, -0.2) is 4.98 Å². The highest BCUT2D eigenvalue weighted by molar-refractivity contribution is 7.10. The Bertz CT molecular complexity index is 277. The Morgan fingerprint density at radius 3 is 2.57 bits per heavy atom. The van der Waals surface area contributed by atoms with Gasteiger partial charge in [0.15, 0.2) is 0 Å². The number of rotatable bonds is 2. The Morgan fingerprint density at radius 1 is 1.29 bits per heavy atom. The Balaban J connectivity index is 1.92. The topological polar surface area (TPSA) is 42.1 Å². The molecule has 1 aromatic heterocycles. The SMILES string of the molecule is Nc1ncsc1CN1CCCCCC1. The summed E-state index contributed by atoms with van der Waals surface area (Å²) in [5.41, 5.74) is 7.61. The molecule has 1 aliphatic rings. The monoisotopic (exact) mass is 211 g/mol. The van der Waals surface area contributed by atoms with E-state index >= 15 is 0 Å². The van der Waals surface area contributed by atoms with Crippen molar-refractivity contribution in [2.75, 3.05) is 18.8 Å². The van der Waals surface area contributed by atoms with Gasteiger partial charge in [0.25, 0.3) is 0 Å². The third-order valence-electron chi connectivity index (χ3n) is 2.74. The second-order valence-corrected chi connectivity index (χ2v) is 4.79. The number of hydrogen-bond acceptors (Lipinski definition) is 4. The fourth-order valence-electron chi connectivity index (χ4n) is 1.89. The van der Waals surface area contributed by atoms with E-state index in [4.69, 9.17) is 5.73 Å². The molecule has 0 unspecified atom stereocenters.